The summed E-state index contributed by atoms with van der Waals surface area (Å²) in [5, 5.41) is 3.06. The Balaban J connectivity index is 1.59. The lowest BCUT2D eigenvalue weighted by molar-refractivity contribution is -0.124. The summed E-state index contributed by atoms with van der Waals surface area (Å²) in [4.78, 5) is 14.3. The van der Waals surface area contributed by atoms with E-state index < -0.39 is 0 Å². The number of rotatable bonds is 4. The largest absolute Gasteiger partial charge is 0.355 e. The number of piperidine rings is 1. The minimum absolute atomic E-state index is 0.173. The highest BCUT2D eigenvalue weighted by Gasteiger charge is 2.27. The van der Waals surface area contributed by atoms with Crippen LogP contribution in [0.4, 0.5) is 0 Å². The molecule has 0 aromatic carbocycles. The van der Waals surface area contributed by atoms with E-state index >= 15 is 0 Å². The average Bonchev–Trinajstić information content (AvgIpc) is 2.77. The van der Waals surface area contributed by atoms with Gasteiger partial charge in [0.1, 0.15) is 0 Å². The molecule has 1 saturated heterocycles. The first-order valence-electron chi connectivity index (χ1n) is 7.01. The van der Waals surface area contributed by atoms with Gasteiger partial charge in [-0.2, -0.15) is 0 Å². The summed E-state index contributed by atoms with van der Waals surface area (Å²) in [6.07, 6.45) is 6.83. The van der Waals surface area contributed by atoms with Crippen LogP contribution in [0.1, 0.15) is 38.5 Å². The highest BCUT2D eigenvalue weighted by molar-refractivity contribution is 5.78. The minimum atomic E-state index is 0.173. The van der Waals surface area contributed by atoms with Gasteiger partial charge in [0.25, 0.3) is 0 Å². The van der Waals surface area contributed by atoms with E-state index in [0.29, 0.717) is 0 Å². The van der Waals surface area contributed by atoms with Crippen LogP contribution in [0.3, 0.4) is 0 Å². The lowest BCUT2D eigenvalue weighted by Gasteiger charge is -2.26. The van der Waals surface area contributed by atoms with E-state index in [1.54, 1.807) is 0 Å². The van der Waals surface area contributed by atoms with Crippen molar-refractivity contribution in [2.75, 3.05) is 26.2 Å². The standard InChI is InChI=1S/C13H25N3O/c14-12-5-4-11(10-12)13(17)15-6-9-16-7-2-1-3-8-16/h11-12H,1-10,14H2,(H,15,17). The van der Waals surface area contributed by atoms with Crippen LogP contribution in [-0.2, 0) is 4.79 Å². The number of amides is 1. The third-order valence-electron chi connectivity index (χ3n) is 4.02. The zero-order valence-corrected chi connectivity index (χ0v) is 10.7. The van der Waals surface area contributed by atoms with Crippen LogP contribution in [0.15, 0.2) is 0 Å². The molecule has 4 heteroatoms. The van der Waals surface area contributed by atoms with Crippen molar-refractivity contribution in [1.82, 2.24) is 10.2 Å². The fourth-order valence-electron chi connectivity index (χ4n) is 2.92. The van der Waals surface area contributed by atoms with Crippen molar-refractivity contribution in [2.45, 2.75) is 44.6 Å². The molecule has 2 fully saturated rings. The highest BCUT2D eigenvalue weighted by atomic mass is 16.1. The molecule has 2 unspecified atom stereocenters. The first-order valence-corrected chi connectivity index (χ1v) is 7.01. The predicted molar refractivity (Wildman–Crippen MR) is 68.6 cm³/mol. The monoisotopic (exact) mass is 239 g/mol. The predicted octanol–water partition coefficient (Wildman–Crippen LogP) is 0.716. The van der Waals surface area contributed by atoms with Gasteiger partial charge in [0.15, 0.2) is 0 Å². The molecule has 0 aromatic heterocycles. The summed E-state index contributed by atoms with van der Waals surface area (Å²) in [6, 6.07) is 0.243. The molecule has 2 aliphatic rings. The number of hydrogen-bond donors (Lipinski definition) is 2. The Bertz CT molecular complexity index is 251. The molecule has 0 bridgehead atoms. The van der Waals surface area contributed by atoms with Gasteiger partial charge < -0.3 is 16.0 Å². The van der Waals surface area contributed by atoms with Gasteiger partial charge in [0.2, 0.25) is 5.91 Å². The summed E-state index contributed by atoms with van der Waals surface area (Å²) in [6.45, 7) is 4.20. The van der Waals surface area contributed by atoms with Gasteiger partial charge in [-0.15, -0.1) is 0 Å². The minimum Gasteiger partial charge on any atom is -0.355 e. The van der Waals surface area contributed by atoms with Crippen molar-refractivity contribution < 1.29 is 4.79 Å². The normalized spacial score (nSPS) is 30.4. The number of hydrogen-bond acceptors (Lipinski definition) is 3. The number of carbonyl (C=O) groups excluding carboxylic acids is 1. The lowest BCUT2D eigenvalue weighted by atomic mass is 10.1. The molecular weight excluding hydrogens is 214 g/mol. The molecule has 1 aliphatic heterocycles. The summed E-state index contributed by atoms with van der Waals surface area (Å²) in [5.41, 5.74) is 5.82. The molecule has 2 atom stereocenters. The number of nitrogens with one attached hydrogen (secondary N) is 1. The second-order valence-corrected chi connectivity index (χ2v) is 5.46. The van der Waals surface area contributed by atoms with Gasteiger partial charge in [-0.25, -0.2) is 0 Å². The number of likely N-dealkylation sites (tertiary alicyclic amines) is 1. The SMILES string of the molecule is NC1CCC(C(=O)NCCN2CCCCC2)C1. The van der Waals surface area contributed by atoms with E-state index in [1.165, 1.54) is 32.4 Å². The Hall–Kier alpha value is -0.610. The second kappa shape index (κ2) is 6.36. The van der Waals surface area contributed by atoms with Crippen LogP contribution in [0.2, 0.25) is 0 Å². The molecular formula is C13H25N3O. The fourth-order valence-corrected chi connectivity index (χ4v) is 2.92. The molecule has 4 nitrogen and oxygen atoms in total. The number of carbonyl (C=O) groups is 1. The molecule has 0 radical (unpaired) electrons. The van der Waals surface area contributed by atoms with Crippen LogP contribution in [0.5, 0.6) is 0 Å². The Morgan fingerprint density at radius 3 is 2.65 bits per heavy atom. The Labute approximate surface area is 104 Å². The van der Waals surface area contributed by atoms with Gasteiger partial charge >= 0.3 is 0 Å². The molecule has 1 saturated carbocycles. The summed E-state index contributed by atoms with van der Waals surface area (Å²) in [5.74, 6) is 0.390. The van der Waals surface area contributed by atoms with Crippen molar-refractivity contribution in [1.29, 1.82) is 0 Å². The van der Waals surface area contributed by atoms with E-state index in [1.807, 2.05) is 0 Å². The van der Waals surface area contributed by atoms with Crippen LogP contribution in [0.25, 0.3) is 0 Å². The van der Waals surface area contributed by atoms with Crippen molar-refractivity contribution in [2.24, 2.45) is 11.7 Å². The maximum absolute atomic E-state index is 11.8. The molecule has 2 rings (SSSR count). The molecule has 1 heterocycles. The lowest BCUT2D eigenvalue weighted by Crippen LogP contribution is -2.39. The van der Waals surface area contributed by atoms with Gasteiger partial charge in [0.05, 0.1) is 0 Å². The van der Waals surface area contributed by atoms with E-state index in [4.69, 9.17) is 5.73 Å². The number of nitrogens with two attached hydrogens (primary N) is 1. The maximum atomic E-state index is 11.8. The first kappa shape index (κ1) is 12.8. The van der Waals surface area contributed by atoms with Crippen molar-refractivity contribution in [3.63, 3.8) is 0 Å². The summed E-state index contributed by atoms with van der Waals surface area (Å²) >= 11 is 0. The third-order valence-corrected chi connectivity index (χ3v) is 4.02. The molecule has 0 aromatic rings. The first-order chi connectivity index (χ1) is 8.25. The zero-order chi connectivity index (χ0) is 12.1. The summed E-state index contributed by atoms with van der Waals surface area (Å²) in [7, 11) is 0. The van der Waals surface area contributed by atoms with Crippen LogP contribution >= 0.6 is 0 Å². The van der Waals surface area contributed by atoms with Gasteiger partial charge in [0, 0.05) is 25.0 Å². The highest BCUT2D eigenvalue weighted by Crippen LogP contribution is 2.23. The van der Waals surface area contributed by atoms with Crippen molar-refractivity contribution >= 4 is 5.91 Å². The van der Waals surface area contributed by atoms with Gasteiger partial charge in [-0.05, 0) is 45.2 Å². The Morgan fingerprint density at radius 2 is 2.00 bits per heavy atom. The number of nitrogens with zero attached hydrogens (tertiary/aromatic N) is 1. The van der Waals surface area contributed by atoms with Crippen molar-refractivity contribution in [3.8, 4) is 0 Å². The smallest absolute Gasteiger partial charge is 0.223 e. The van der Waals surface area contributed by atoms with E-state index in [0.717, 1.165) is 32.4 Å². The zero-order valence-electron chi connectivity index (χ0n) is 10.7. The van der Waals surface area contributed by atoms with Crippen LogP contribution in [0, 0.1) is 5.92 Å². The van der Waals surface area contributed by atoms with Crippen LogP contribution in [-0.4, -0.2) is 43.0 Å². The molecule has 1 aliphatic carbocycles. The van der Waals surface area contributed by atoms with Crippen molar-refractivity contribution in [3.05, 3.63) is 0 Å². The van der Waals surface area contributed by atoms with Gasteiger partial charge in [-0.1, -0.05) is 6.42 Å². The van der Waals surface area contributed by atoms with E-state index in [2.05, 4.69) is 10.2 Å². The fraction of sp³-hybridized carbons (Fsp3) is 0.923. The topological polar surface area (TPSA) is 58.4 Å². The average molecular weight is 239 g/mol. The Kier molecular flexibility index (Phi) is 4.80. The molecule has 1 amide bonds. The van der Waals surface area contributed by atoms with E-state index in [-0.39, 0.29) is 17.9 Å². The second-order valence-electron chi connectivity index (χ2n) is 5.46. The maximum Gasteiger partial charge on any atom is 0.223 e. The molecule has 17 heavy (non-hydrogen) atoms. The third kappa shape index (κ3) is 3.96. The van der Waals surface area contributed by atoms with Crippen LogP contribution < -0.4 is 11.1 Å². The Morgan fingerprint density at radius 1 is 1.24 bits per heavy atom. The van der Waals surface area contributed by atoms with Gasteiger partial charge in [-0.3, -0.25) is 4.79 Å². The quantitative estimate of drug-likeness (QED) is 0.760. The molecule has 3 N–H and O–H groups in total. The summed E-state index contributed by atoms with van der Waals surface area (Å²) < 4.78 is 0. The van der Waals surface area contributed by atoms with E-state index in [9.17, 15) is 4.79 Å². The molecule has 98 valence electrons. The molecule has 0 spiro atoms.